The van der Waals surface area contributed by atoms with Crippen LogP contribution in [0.25, 0.3) is 0 Å². The SMILES string of the molecule is CCNC(CC1CCC1)c1c(OC)cnn1C. The summed E-state index contributed by atoms with van der Waals surface area (Å²) in [7, 11) is 3.70. The Kier molecular flexibility index (Phi) is 4.05. The van der Waals surface area contributed by atoms with E-state index in [1.165, 1.54) is 31.4 Å². The second kappa shape index (κ2) is 5.54. The summed E-state index contributed by atoms with van der Waals surface area (Å²) in [6.45, 7) is 3.13. The summed E-state index contributed by atoms with van der Waals surface area (Å²) in [5.74, 6) is 1.77. The summed E-state index contributed by atoms with van der Waals surface area (Å²) in [6, 6.07) is 0.368. The van der Waals surface area contributed by atoms with Gasteiger partial charge in [0.2, 0.25) is 0 Å². The minimum Gasteiger partial charge on any atom is -0.493 e. The predicted octanol–water partition coefficient (Wildman–Crippen LogP) is 2.27. The van der Waals surface area contributed by atoms with Crippen LogP contribution in [0, 0.1) is 5.92 Å². The first-order chi connectivity index (χ1) is 8.26. The lowest BCUT2D eigenvalue weighted by Crippen LogP contribution is -2.27. The summed E-state index contributed by atoms with van der Waals surface area (Å²) in [4.78, 5) is 0. The zero-order valence-electron chi connectivity index (χ0n) is 11.1. The molecule has 1 aliphatic carbocycles. The Morgan fingerprint density at radius 1 is 1.59 bits per heavy atom. The molecule has 1 saturated carbocycles. The van der Waals surface area contributed by atoms with Crippen LogP contribution in [0.5, 0.6) is 5.75 Å². The van der Waals surface area contributed by atoms with E-state index < -0.39 is 0 Å². The molecule has 1 unspecified atom stereocenters. The molecule has 0 aliphatic heterocycles. The van der Waals surface area contributed by atoms with Gasteiger partial charge < -0.3 is 10.1 Å². The summed E-state index contributed by atoms with van der Waals surface area (Å²) >= 11 is 0. The summed E-state index contributed by atoms with van der Waals surface area (Å²) in [6.07, 6.45) is 7.15. The van der Waals surface area contributed by atoms with Crippen LogP contribution in [0.2, 0.25) is 0 Å². The van der Waals surface area contributed by atoms with Crippen LogP contribution in [0.3, 0.4) is 0 Å². The number of aryl methyl sites for hydroxylation is 1. The third-order valence-corrected chi connectivity index (χ3v) is 3.74. The van der Waals surface area contributed by atoms with E-state index in [0.29, 0.717) is 6.04 Å². The van der Waals surface area contributed by atoms with E-state index in [4.69, 9.17) is 4.74 Å². The molecule has 2 rings (SSSR count). The van der Waals surface area contributed by atoms with Crippen molar-refractivity contribution in [2.75, 3.05) is 13.7 Å². The zero-order valence-corrected chi connectivity index (χ0v) is 11.1. The van der Waals surface area contributed by atoms with Gasteiger partial charge >= 0.3 is 0 Å². The van der Waals surface area contributed by atoms with Crippen molar-refractivity contribution in [2.45, 2.75) is 38.6 Å². The lowest BCUT2D eigenvalue weighted by Gasteiger charge is -2.30. The van der Waals surface area contributed by atoms with Gasteiger partial charge in [-0.15, -0.1) is 0 Å². The third-order valence-electron chi connectivity index (χ3n) is 3.74. The van der Waals surface area contributed by atoms with Crippen LogP contribution in [-0.2, 0) is 7.05 Å². The van der Waals surface area contributed by atoms with Crippen LogP contribution >= 0.6 is 0 Å². The van der Waals surface area contributed by atoms with Crippen molar-refractivity contribution in [1.29, 1.82) is 0 Å². The Labute approximate surface area is 103 Å². The molecule has 0 spiro atoms. The Bertz CT molecular complexity index is 358. The molecule has 1 aromatic rings. The van der Waals surface area contributed by atoms with Gasteiger partial charge in [0.25, 0.3) is 0 Å². The summed E-state index contributed by atoms with van der Waals surface area (Å²) in [5, 5.41) is 7.85. The maximum Gasteiger partial charge on any atom is 0.161 e. The van der Waals surface area contributed by atoms with Gasteiger partial charge in [0.1, 0.15) is 0 Å². The molecule has 1 atom stereocenters. The van der Waals surface area contributed by atoms with E-state index >= 15 is 0 Å². The third kappa shape index (κ3) is 2.63. The molecule has 4 heteroatoms. The minimum atomic E-state index is 0.368. The number of aromatic nitrogens is 2. The van der Waals surface area contributed by atoms with Gasteiger partial charge in [0, 0.05) is 7.05 Å². The highest BCUT2D eigenvalue weighted by molar-refractivity contribution is 5.28. The fourth-order valence-corrected chi connectivity index (χ4v) is 2.58. The van der Waals surface area contributed by atoms with Crippen LogP contribution < -0.4 is 10.1 Å². The largest absolute Gasteiger partial charge is 0.493 e. The molecule has 4 nitrogen and oxygen atoms in total. The molecule has 0 saturated heterocycles. The highest BCUT2D eigenvalue weighted by Crippen LogP contribution is 2.36. The average molecular weight is 237 g/mol. The molecular weight excluding hydrogens is 214 g/mol. The molecule has 1 heterocycles. The second-order valence-electron chi connectivity index (χ2n) is 4.86. The normalized spacial score (nSPS) is 17.8. The van der Waals surface area contributed by atoms with Crippen LogP contribution in [0.15, 0.2) is 6.20 Å². The van der Waals surface area contributed by atoms with Gasteiger partial charge in [-0.05, 0) is 18.9 Å². The number of ether oxygens (including phenoxy) is 1. The van der Waals surface area contributed by atoms with Gasteiger partial charge in [-0.3, -0.25) is 4.68 Å². The number of nitrogens with one attached hydrogen (secondary N) is 1. The van der Waals surface area contributed by atoms with Crippen LogP contribution in [0.4, 0.5) is 0 Å². The van der Waals surface area contributed by atoms with Crippen molar-refractivity contribution >= 4 is 0 Å². The first-order valence-electron chi connectivity index (χ1n) is 6.55. The zero-order chi connectivity index (χ0) is 12.3. The lowest BCUT2D eigenvalue weighted by molar-refractivity contribution is 0.255. The topological polar surface area (TPSA) is 39.1 Å². The maximum atomic E-state index is 5.40. The first-order valence-corrected chi connectivity index (χ1v) is 6.55. The van der Waals surface area contributed by atoms with Crippen molar-refractivity contribution in [3.8, 4) is 5.75 Å². The number of hydrogen-bond donors (Lipinski definition) is 1. The molecule has 1 N–H and O–H groups in total. The van der Waals surface area contributed by atoms with E-state index in [9.17, 15) is 0 Å². The highest BCUT2D eigenvalue weighted by Gasteiger charge is 2.26. The van der Waals surface area contributed by atoms with Gasteiger partial charge in [-0.2, -0.15) is 5.10 Å². The van der Waals surface area contributed by atoms with Crippen molar-refractivity contribution in [2.24, 2.45) is 13.0 Å². The molecule has 1 aromatic heterocycles. The van der Waals surface area contributed by atoms with Gasteiger partial charge in [-0.1, -0.05) is 26.2 Å². The highest BCUT2D eigenvalue weighted by atomic mass is 16.5. The number of nitrogens with zero attached hydrogens (tertiary/aromatic N) is 2. The number of rotatable bonds is 6. The van der Waals surface area contributed by atoms with E-state index in [1.807, 2.05) is 11.7 Å². The summed E-state index contributed by atoms with van der Waals surface area (Å²) in [5.41, 5.74) is 1.18. The Morgan fingerprint density at radius 3 is 2.88 bits per heavy atom. The van der Waals surface area contributed by atoms with Gasteiger partial charge in [0.05, 0.1) is 25.0 Å². The predicted molar refractivity (Wildman–Crippen MR) is 68.1 cm³/mol. The van der Waals surface area contributed by atoms with Crippen LogP contribution in [0.1, 0.15) is 44.3 Å². The Morgan fingerprint density at radius 2 is 2.35 bits per heavy atom. The summed E-state index contributed by atoms with van der Waals surface area (Å²) < 4.78 is 7.34. The standard InChI is InChI=1S/C13H23N3O/c1-4-14-11(8-10-6-5-7-10)13-12(17-3)9-15-16(13)2/h9-11,14H,4-8H2,1-3H3. The molecular formula is C13H23N3O. The number of hydrogen-bond acceptors (Lipinski definition) is 3. The van der Waals surface area contributed by atoms with Crippen LogP contribution in [-0.4, -0.2) is 23.4 Å². The fraction of sp³-hybridized carbons (Fsp3) is 0.769. The van der Waals surface area contributed by atoms with Crippen molar-refractivity contribution < 1.29 is 4.74 Å². The molecule has 0 amide bonds. The smallest absolute Gasteiger partial charge is 0.161 e. The molecule has 0 radical (unpaired) electrons. The molecule has 1 aliphatic rings. The quantitative estimate of drug-likeness (QED) is 0.825. The molecule has 0 bridgehead atoms. The van der Waals surface area contributed by atoms with Gasteiger partial charge in [-0.25, -0.2) is 0 Å². The maximum absolute atomic E-state index is 5.40. The van der Waals surface area contributed by atoms with E-state index in [2.05, 4.69) is 17.3 Å². The molecule has 1 fully saturated rings. The lowest BCUT2D eigenvalue weighted by atomic mass is 9.80. The molecule has 17 heavy (non-hydrogen) atoms. The van der Waals surface area contributed by atoms with E-state index in [0.717, 1.165) is 18.2 Å². The Hall–Kier alpha value is -1.03. The monoisotopic (exact) mass is 237 g/mol. The van der Waals surface area contributed by atoms with Crippen molar-refractivity contribution in [1.82, 2.24) is 15.1 Å². The fourth-order valence-electron chi connectivity index (χ4n) is 2.58. The molecule has 96 valence electrons. The number of methoxy groups -OCH3 is 1. The molecule has 0 aromatic carbocycles. The second-order valence-corrected chi connectivity index (χ2v) is 4.86. The van der Waals surface area contributed by atoms with Gasteiger partial charge in [0.15, 0.2) is 5.75 Å². The Balaban J connectivity index is 2.14. The van der Waals surface area contributed by atoms with Crippen molar-refractivity contribution in [3.63, 3.8) is 0 Å². The van der Waals surface area contributed by atoms with E-state index in [-0.39, 0.29) is 0 Å². The average Bonchev–Trinajstić information content (AvgIpc) is 2.63. The van der Waals surface area contributed by atoms with Crippen molar-refractivity contribution in [3.05, 3.63) is 11.9 Å². The minimum absolute atomic E-state index is 0.368. The first kappa shape index (κ1) is 12.4. The van der Waals surface area contributed by atoms with E-state index in [1.54, 1.807) is 13.3 Å².